The Hall–Kier alpha value is -0.573. The van der Waals surface area contributed by atoms with Gasteiger partial charge in [-0.15, -0.1) is 0 Å². The summed E-state index contributed by atoms with van der Waals surface area (Å²) in [7, 11) is -1.53. The van der Waals surface area contributed by atoms with Crippen LogP contribution >= 0.6 is 0 Å². The van der Waals surface area contributed by atoms with Gasteiger partial charge in [0.2, 0.25) is 8.32 Å². The molecule has 0 amide bonds. The van der Waals surface area contributed by atoms with Crippen LogP contribution in [-0.4, -0.2) is 14.1 Å². The van der Waals surface area contributed by atoms with Crippen LogP contribution in [0.1, 0.15) is 46.0 Å². The molecule has 0 aliphatic heterocycles. The summed E-state index contributed by atoms with van der Waals surface area (Å²) < 4.78 is 6.16. The fourth-order valence-corrected chi connectivity index (χ4v) is 4.36. The second-order valence-electron chi connectivity index (χ2n) is 7.35. The smallest absolute Gasteiger partial charge is 0.241 e. The fourth-order valence-electron chi connectivity index (χ4n) is 3.42. The van der Waals surface area contributed by atoms with Gasteiger partial charge in [0.1, 0.15) is 5.78 Å². The van der Waals surface area contributed by atoms with E-state index in [-0.39, 0.29) is 10.8 Å². The molecule has 2 atom stereocenters. The van der Waals surface area contributed by atoms with Crippen LogP contribution < -0.4 is 0 Å². The maximum atomic E-state index is 12.3. The Bertz CT molecular complexity index is 394. The summed E-state index contributed by atoms with van der Waals surface area (Å²) in [4.78, 5) is 12.3. The zero-order chi connectivity index (χ0) is 13.6. The lowest BCUT2D eigenvalue weighted by Crippen LogP contribution is -2.48. The molecule has 2 nitrogen and oxygen atoms in total. The van der Waals surface area contributed by atoms with Gasteiger partial charge in [0.25, 0.3) is 0 Å². The third-order valence-electron chi connectivity index (χ3n) is 4.76. The summed E-state index contributed by atoms with van der Waals surface area (Å²) in [5.41, 5.74) is -0.146. The van der Waals surface area contributed by atoms with Crippen LogP contribution in [0.4, 0.5) is 0 Å². The Morgan fingerprint density at radius 3 is 2.44 bits per heavy atom. The number of rotatable bonds is 2. The van der Waals surface area contributed by atoms with Gasteiger partial charge in [-0.3, -0.25) is 4.79 Å². The van der Waals surface area contributed by atoms with Gasteiger partial charge in [0, 0.05) is 23.7 Å². The van der Waals surface area contributed by atoms with Gasteiger partial charge in [-0.2, -0.15) is 0 Å². The first kappa shape index (κ1) is 13.8. The molecule has 0 spiro atoms. The molecule has 0 aromatic heterocycles. The summed E-state index contributed by atoms with van der Waals surface area (Å²) >= 11 is 0. The molecular weight excluding hydrogens is 240 g/mol. The van der Waals surface area contributed by atoms with Crippen molar-refractivity contribution in [1.82, 2.24) is 0 Å². The molecular formula is C15H26O2Si. The second-order valence-corrected chi connectivity index (χ2v) is 11.8. The number of carbonyl (C=O) groups is 1. The number of hydrogen-bond donors (Lipinski definition) is 0. The number of Topliss-reactive ketones (excluding diaryl/α,β-unsaturated/α-hetero) is 1. The lowest BCUT2D eigenvalue weighted by molar-refractivity contribution is -0.138. The van der Waals surface area contributed by atoms with Crippen molar-refractivity contribution < 1.29 is 9.22 Å². The highest BCUT2D eigenvalue weighted by molar-refractivity contribution is 6.70. The molecule has 2 aliphatic rings. The Morgan fingerprint density at radius 1 is 1.17 bits per heavy atom. The lowest BCUT2D eigenvalue weighted by atomic mass is 9.53. The molecule has 0 radical (unpaired) electrons. The zero-order valence-corrected chi connectivity index (χ0v) is 13.4. The van der Waals surface area contributed by atoms with Crippen molar-refractivity contribution >= 4 is 14.1 Å². The first-order chi connectivity index (χ1) is 8.16. The van der Waals surface area contributed by atoms with Crippen LogP contribution in [0.25, 0.3) is 0 Å². The van der Waals surface area contributed by atoms with Crippen molar-refractivity contribution in [3.05, 3.63) is 11.8 Å². The highest BCUT2D eigenvalue weighted by Crippen LogP contribution is 2.55. The summed E-state index contributed by atoms with van der Waals surface area (Å²) in [6.45, 7) is 11.1. The van der Waals surface area contributed by atoms with Crippen LogP contribution in [0.5, 0.6) is 0 Å². The van der Waals surface area contributed by atoms with Crippen molar-refractivity contribution in [2.24, 2.45) is 10.8 Å². The average molecular weight is 266 g/mol. The topological polar surface area (TPSA) is 26.3 Å². The van der Waals surface area contributed by atoms with Crippen molar-refractivity contribution in [3.63, 3.8) is 0 Å². The number of hydrogen-bond acceptors (Lipinski definition) is 2. The first-order valence-corrected chi connectivity index (χ1v) is 10.5. The van der Waals surface area contributed by atoms with Gasteiger partial charge in [-0.1, -0.05) is 13.8 Å². The molecule has 1 fully saturated rings. The van der Waals surface area contributed by atoms with E-state index >= 15 is 0 Å². The summed E-state index contributed by atoms with van der Waals surface area (Å²) in [6, 6.07) is 0. The third kappa shape index (κ3) is 2.29. The van der Waals surface area contributed by atoms with Crippen LogP contribution in [-0.2, 0) is 9.22 Å². The summed E-state index contributed by atoms with van der Waals surface area (Å²) in [5, 5.41) is 0. The molecule has 2 rings (SSSR count). The minimum Gasteiger partial charge on any atom is -0.548 e. The van der Waals surface area contributed by atoms with Crippen molar-refractivity contribution in [2.45, 2.75) is 65.6 Å². The predicted octanol–water partition coefficient (Wildman–Crippen LogP) is 4.28. The van der Waals surface area contributed by atoms with Gasteiger partial charge in [-0.05, 0) is 45.0 Å². The van der Waals surface area contributed by atoms with Crippen LogP contribution in [0.2, 0.25) is 19.6 Å². The van der Waals surface area contributed by atoms with Gasteiger partial charge < -0.3 is 4.43 Å². The highest BCUT2D eigenvalue weighted by atomic mass is 28.4. The molecule has 0 heterocycles. The number of ketones is 1. The van der Waals surface area contributed by atoms with Gasteiger partial charge in [0.05, 0.1) is 5.76 Å². The minimum atomic E-state index is -1.53. The number of carbonyl (C=O) groups excluding carboxylic acids is 1. The molecule has 0 aromatic carbocycles. The van der Waals surface area contributed by atoms with E-state index in [1.165, 1.54) is 0 Å². The van der Waals surface area contributed by atoms with E-state index in [1.807, 2.05) is 0 Å². The maximum absolute atomic E-state index is 12.3. The van der Waals surface area contributed by atoms with Crippen molar-refractivity contribution in [2.75, 3.05) is 0 Å². The molecule has 2 aliphatic carbocycles. The Kier molecular flexibility index (Phi) is 3.25. The molecule has 18 heavy (non-hydrogen) atoms. The largest absolute Gasteiger partial charge is 0.548 e. The Labute approximate surface area is 112 Å². The third-order valence-corrected chi connectivity index (χ3v) is 5.64. The number of fused-ring (bicyclic) bond motifs is 1. The zero-order valence-electron chi connectivity index (χ0n) is 12.4. The molecule has 1 saturated carbocycles. The quantitative estimate of drug-likeness (QED) is 0.697. The molecule has 0 aromatic rings. The molecule has 0 saturated heterocycles. The standard InChI is InChI=1S/C15H26O2Si/c1-14-9-6-7-13(16)15(14,2)10-8-12(11-14)17-18(3,4)5/h11H,6-10H2,1-5H3/t14-,15-/m1/s1. The highest BCUT2D eigenvalue weighted by Gasteiger charge is 2.52. The van der Waals surface area contributed by atoms with Gasteiger partial charge in [0.15, 0.2) is 0 Å². The van der Waals surface area contributed by atoms with E-state index in [1.54, 1.807) is 0 Å². The van der Waals surface area contributed by atoms with E-state index in [4.69, 9.17) is 4.43 Å². The van der Waals surface area contributed by atoms with Crippen LogP contribution in [0, 0.1) is 10.8 Å². The molecule has 3 heteroatoms. The monoisotopic (exact) mass is 266 g/mol. The normalized spacial score (nSPS) is 36.9. The van der Waals surface area contributed by atoms with Gasteiger partial charge in [-0.25, -0.2) is 0 Å². The maximum Gasteiger partial charge on any atom is 0.241 e. The van der Waals surface area contributed by atoms with E-state index in [2.05, 4.69) is 39.6 Å². The Morgan fingerprint density at radius 2 is 1.83 bits per heavy atom. The van der Waals surface area contributed by atoms with E-state index < -0.39 is 8.32 Å². The molecule has 0 bridgehead atoms. The van der Waals surface area contributed by atoms with Crippen LogP contribution in [0.3, 0.4) is 0 Å². The van der Waals surface area contributed by atoms with Crippen molar-refractivity contribution in [3.8, 4) is 0 Å². The minimum absolute atomic E-state index is 0.00949. The molecule has 102 valence electrons. The van der Waals surface area contributed by atoms with Gasteiger partial charge >= 0.3 is 0 Å². The van der Waals surface area contributed by atoms with E-state index in [9.17, 15) is 4.79 Å². The second kappa shape index (κ2) is 4.22. The average Bonchev–Trinajstić information content (AvgIpc) is 2.20. The Balaban J connectivity index is 2.29. The fraction of sp³-hybridized carbons (Fsp3) is 0.800. The van der Waals surface area contributed by atoms with Crippen molar-refractivity contribution in [1.29, 1.82) is 0 Å². The predicted molar refractivity (Wildman–Crippen MR) is 76.8 cm³/mol. The molecule has 0 N–H and O–H groups in total. The summed E-state index contributed by atoms with van der Waals surface area (Å²) in [5.74, 6) is 1.60. The first-order valence-electron chi connectivity index (χ1n) is 7.10. The van der Waals surface area contributed by atoms with Crippen LogP contribution in [0.15, 0.2) is 11.8 Å². The van der Waals surface area contributed by atoms with E-state index in [0.717, 1.165) is 37.9 Å². The SMILES string of the molecule is C[C@@]12C=C(O[Si](C)(C)C)CC[C@]1(C)C(=O)CCC2. The molecule has 0 unspecified atom stereocenters. The lowest BCUT2D eigenvalue weighted by Gasteiger charge is -2.50. The summed E-state index contributed by atoms with van der Waals surface area (Å²) in [6.07, 6.45) is 7.09. The number of allylic oxidation sites excluding steroid dienone is 2. The van der Waals surface area contributed by atoms with E-state index in [0.29, 0.717) is 5.78 Å².